The molecule has 1 aromatic carbocycles. The molecule has 4 nitrogen and oxygen atoms in total. The highest BCUT2D eigenvalue weighted by atomic mass is 16.3. The van der Waals surface area contributed by atoms with Crippen molar-refractivity contribution in [3.8, 4) is 0 Å². The van der Waals surface area contributed by atoms with Gasteiger partial charge in [0.25, 0.3) is 0 Å². The summed E-state index contributed by atoms with van der Waals surface area (Å²) in [4.78, 5) is 14.8. The van der Waals surface area contributed by atoms with Crippen molar-refractivity contribution in [2.45, 2.75) is 25.4 Å². The minimum atomic E-state index is 0.0138. The topological polar surface area (TPSA) is 45.5 Å². The Hall–Kier alpha value is -2.33. The van der Waals surface area contributed by atoms with Crippen LogP contribution in [0.15, 0.2) is 65.8 Å². The number of hydrogen-bond donors (Lipinski definition) is 1. The average Bonchev–Trinajstić information content (AvgIpc) is 3.14. The molecule has 0 unspecified atom stereocenters. The standard InChI is InChI=1S/C20H24N2O2/c1-2-12-22-15-17(20(23)21-14-18-9-6-13-24-18)10-11-19(22)16-7-4-3-5-8-16/h2-9,13,17,19H,1,10-12,14-15H2,(H,21,23)/t17-,19+/m1/s1. The number of amides is 1. The third kappa shape index (κ3) is 3.95. The van der Waals surface area contributed by atoms with Crippen molar-refractivity contribution in [3.63, 3.8) is 0 Å². The predicted octanol–water partition coefficient (Wildman–Crippen LogP) is 3.54. The van der Waals surface area contributed by atoms with Gasteiger partial charge in [-0.2, -0.15) is 0 Å². The molecule has 1 saturated heterocycles. The van der Waals surface area contributed by atoms with E-state index >= 15 is 0 Å². The molecule has 126 valence electrons. The summed E-state index contributed by atoms with van der Waals surface area (Å²) in [5.74, 6) is 0.899. The van der Waals surface area contributed by atoms with Gasteiger partial charge in [-0.05, 0) is 30.5 Å². The summed E-state index contributed by atoms with van der Waals surface area (Å²) in [5.41, 5.74) is 1.31. The molecular weight excluding hydrogens is 300 g/mol. The van der Waals surface area contributed by atoms with E-state index in [2.05, 4.69) is 41.1 Å². The maximum Gasteiger partial charge on any atom is 0.224 e. The van der Waals surface area contributed by atoms with E-state index in [1.807, 2.05) is 24.3 Å². The number of hydrogen-bond acceptors (Lipinski definition) is 3. The highest BCUT2D eigenvalue weighted by Gasteiger charge is 2.32. The fraction of sp³-hybridized carbons (Fsp3) is 0.350. The Balaban J connectivity index is 1.61. The molecule has 1 aliphatic rings. The van der Waals surface area contributed by atoms with E-state index < -0.39 is 0 Å². The second-order valence-corrected chi connectivity index (χ2v) is 6.24. The van der Waals surface area contributed by atoms with E-state index in [9.17, 15) is 4.79 Å². The lowest BCUT2D eigenvalue weighted by atomic mass is 9.88. The molecule has 2 heterocycles. The number of benzene rings is 1. The number of piperidine rings is 1. The second-order valence-electron chi connectivity index (χ2n) is 6.24. The van der Waals surface area contributed by atoms with Crippen molar-refractivity contribution < 1.29 is 9.21 Å². The Morgan fingerprint density at radius 1 is 1.25 bits per heavy atom. The number of furan rings is 1. The van der Waals surface area contributed by atoms with Crippen molar-refractivity contribution in [3.05, 3.63) is 72.7 Å². The Labute approximate surface area is 143 Å². The lowest BCUT2D eigenvalue weighted by Crippen LogP contribution is -2.44. The summed E-state index contributed by atoms with van der Waals surface area (Å²) < 4.78 is 5.27. The quantitative estimate of drug-likeness (QED) is 0.827. The molecule has 1 N–H and O–H groups in total. The lowest BCUT2D eigenvalue weighted by molar-refractivity contribution is -0.127. The first-order chi connectivity index (χ1) is 11.8. The van der Waals surface area contributed by atoms with Crippen LogP contribution in [0.5, 0.6) is 0 Å². The number of rotatable bonds is 6. The van der Waals surface area contributed by atoms with Crippen molar-refractivity contribution >= 4 is 5.91 Å². The van der Waals surface area contributed by atoms with Gasteiger partial charge in [-0.15, -0.1) is 6.58 Å². The van der Waals surface area contributed by atoms with Crippen LogP contribution in [-0.2, 0) is 11.3 Å². The summed E-state index contributed by atoms with van der Waals surface area (Å²) in [6, 6.07) is 14.6. The van der Waals surface area contributed by atoms with Gasteiger partial charge >= 0.3 is 0 Å². The Morgan fingerprint density at radius 2 is 2.08 bits per heavy atom. The Bertz CT molecular complexity index is 652. The first-order valence-corrected chi connectivity index (χ1v) is 8.48. The van der Waals surface area contributed by atoms with E-state index in [1.165, 1.54) is 5.56 Å². The zero-order valence-corrected chi connectivity index (χ0v) is 13.9. The van der Waals surface area contributed by atoms with E-state index in [1.54, 1.807) is 6.26 Å². The molecule has 2 aromatic rings. The largest absolute Gasteiger partial charge is 0.467 e. The van der Waals surface area contributed by atoms with Gasteiger partial charge in [-0.1, -0.05) is 36.4 Å². The number of likely N-dealkylation sites (tertiary alicyclic amines) is 1. The van der Waals surface area contributed by atoms with Gasteiger partial charge in [0.15, 0.2) is 0 Å². The number of carbonyl (C=O) groups excluding carboxylic acids is 1. The zero-order chi connectivity index (χ0) is 16.8. The molecule has 0 aliphatic carbocycles. The van der Waals surface area contributed by atoms with E-state index in [0.717, 1.165) is 31.7 Å². The third-order valence-corrected chi connectivity index (χ3v) is 4.62. The number of nitrogens with zero attached hydrogens (tertiary/aromatic N) is 1. The molecule has 0 spiro atoms. The smallest absolute Gasteiger partial charge is 0.224 e. The first kappa shape index (κ1) is 16.5. The summed E-state index contributed by atoms with van der Waals surface area (Å²) in [5, 5.41) is 2.99. The van der Waals surface area contributed by atoms with Crippen LogP contribution < -0.4 is 5.32 Å². The summed E-state index contributed by atoms with van der Waals surface area (Å²) in [6.07, 6.45) is 5.42. The van der Waals surface area contributed by atoms with Crippen LogP contribution in [0.4, 0.5) is 0 Å². The normalized spacial score (nSPS) is 21.3. The molecule has 1 amide bonds. The molecule has 0 saturated carbocycles. The minimum Gasteiger partial charge on any atom is -0.467 e. The van der Waals surface area contributed by atoms with Crippen LogP contribution >= 0.6 is 0 Å². The van der Waals surface area contributed by atoms with Crippen molar-refractivity contribution in [2.24, 2.45) is 5.92 Å². The molecule has 0 bridgehead atoms. The number of carbonyl (C=O) groups is 1. The van der Waals surface area contributed by atoms with Crippen molar-refractivity contribution in [1.82, 2.24) is 10.2 Å². The van der Waals surface area contributed by atoms with Crippen LogP contribution in [0.25, 0.3) is 0 Å². The number of nitrogens with one attached hydrogen (secondary N) is 1. The molecule has 1 fully saturated rings. The molecule has 2 atom stereocenters. The monoisotopic (exact) mass is 324 g/mol. The van der Waals surface area contributed by atoms with Crippen LogP contribution in [0.2, 0.25) is 0 Å². The highest BCUT2D eigenvalue weighted by molar-refractivity contribution is 5.78. The molecule has 3 rings (SSSR count). The third-order valence-electron chi connectivity index (χ3n) is 4.62. The summed E-state index contributed by atoms with van der Waals surface area (Å²) in [7, 11) is 0. The van der Waals surface area contributed by atoms with Gasteiger partial charge in [0.2, 0.25) is 5.91 Å². The molecule has 1 aliphatic heterocycles. The fourth-order valence-corrected chi connectivity index (χ4v) is 3.41. The lowest BCUT2D eigenvalue weighted by Gasteiger charge is -2.39. The van der Waals surface area contributed by atoms with E-state index in [0.29, 0.717) is 12.6 Å². The molecule has 0 radical (unpaired) electrons. The maximum absolute atomic E-state index is 12.5. The van der Waals surface area contributed by atoms with Crippen LogP contribution in [0, 0.1) is 5.92 Å². The minimum absolute atomic E-state index is 0.0138. The molecule has 24 heavy (non-hydrogen) atoms. The van der Waals surface area contributed by atoms with E-state index in [4.69, 9.17) is 4.42 Å². The van der Waals surface area contributed by atoms with Gasteiger partial charge in [0.05, 0.1) is 18.7 Å². The second kappa shape index (κ2) is 7.97. The molecule has 1 aromatic heterocycles. The highest BCUT2D eigenvalue weighted by Crippen LogP contribution is 2.33. The predicted molar refractivity (Wildman–Crippen MR) is 94.2 cm³/mol. The van der Waals surface area contributed by atoms with Gasteiger partial charge in [0.1, 0.15) is 5.76 Å². The van der Waals surface area contributed by atoms with Gasteiger partial charge in [0, 0.05) is 19.1 Å². The van der Waals surface area contributed by atoms with Gasteiger partial charge in [-0.25, -0.2) is 0 Å². The summed E-state index contributed by atoms with van der Waals surface area (Å²) in [6.45, 7) is 5.87. The van der Waals surface area contributed by atoms with Gasteiger partial charge in [-0.3, -0.25) is 9.69 Å². The molecular formula is C20H24N2O2. The Morgan fingerprint density at radius 3 is 2.79 bits per heavy atom. The SMILES string of the molecule is C=CCN1C[C@H](C(=O)NCc2ccco2)CC[C@H]1c1ccccc1. The van der Waals surface area contributed by atoms with Crippen molar-refractivity contribution in [1.29, 1.82) is 0 Å². The summed E-state index contributed by atoms with van der Waals surface area (Å²) >= 11 is 0. The Kier molecular flexibility index (Phi) is 5.49. The first-order valence-electron chi connectivity index (χ1n) is 8.48. The van der Waals surface area contributed by atoms with Crippen LogP contribution in [-0.4, -0.2) is 23.9 Å². The van der Waals surface area contributed by atoms with Crippen LogP contribution in [0.1, 0.15) is 30.2 Å². The van der Waals surface area contributed by atoms with Crippen LogP contribution in [0.3, 0.4) is 0 Å². The molecule has 4 heteroatoms. The maximum atomic E-state index is 12.5. The fourth-order valence-electron chi connectivity index (χ4n) is 3.41. The van der Waals surface area contributed by atoms with Crippen molar-refractivity contribution in [2.75, 3.05) is 13.1 Å². The van der Waals surface area contributed by atoms with Gasteiger partial charge < -0.3 is 9.73 Å². The van der Waals surface area contributed by atoms with E-state index in [-0.39, 0.29) is 11.8 Å². The average molecular weight is 324 g/mol. The zero-order valence-electron chi connectivity index (χ0n) is 13.9.